The Labute approximate surface area is 136 Å². The molecule has 3 heterocycles. The van der Waals surface area contributed by atoms with Crippen molar-refractivity contribution < 1.29 is 8.42 Å². The van der Waals surface area contributed by atoms with Gasteiger partial charge < -0.3 is 0 Å². The predicted molar refractivity (Wildman–Crippen MR) is 87.2 cm³/mol. The van der Waals surface area contributed by atoms with E-state index in [4.69, 9.17) is 0 Å². The molecule has 124 valence electrons. The maximum Gasteiger partial charge on any atom is 0.211 e. The van der Waals surface area contributed by atoms with E-state index >= 15 is 0 Å². The third-order valence-corrected chi connectivity index (χ3v) is 5.40. The Morgan fingerprint density at radius 3 is 2.83 bits per heavy atom. The summed E-state index contributed by atoms with van der Waals surface area (Å²) in [4.78, 5) is 9.00. The molecule has 0 spiro atoms. The molecule has 2 aromatic rings. The van der Waals surface area contributed by atoms with Gasteiger partial charge in [0.15, 0.2) is 0 Å². The van der Waals surface area contributed by atoms with E-state index in [1.807, 2.05) is 30.7 Å². The molecule has 8 heteroatoms. The van der Waals surface area contributed by atoms with Crippen LogP contribution in [0.15, 0.2) is 18.3 Å². The zero-order valence-electron chi connectivity index (χ0n) is 13.6. The molecule has 1 aliphatic heterocycles. The largest absolute Gasteiger partial charge is 0.264 e. The van der Waals surface area contributed by atoms with Gasteiger partial charge in [0.2, 0.25) is 10.0 Å². The second-order valence-corrected chi connectivity index (χ2v) is 7.72. The zero-order chi connectivity index (χ0) is 16.6. The minimum atomic E-state index is -3.24. The molecule has 1 atom stereocenters. The molecule has 0 unspecified atom stereocenters. The normalized spacial score (nSPS) is 19.3. The van der Waals surface area contributed by atoms with Crippen molar-refractivity contribution in [1.29, 1.82) is 0 Å². The first-order chi connectivity index (χ1) is 10.9. The van der Waals surface area contributed by atoms with Gasteiger partial charge in [-0.1, -0.05) is 0 Å². The molecular formula is C15H21N5O2S. The summed E-state index contributed by atoms with van der Waals surface area (Å²) in [7, 11) is -3.24. The number of aromatic nitrogens is 4. The maximum absolute atomic E-state index is 12.0. The highest BCUT2D eigenvalue weighted by Crippen LogP contribution is 2.34. The van der Waals surface area contributed by atoms with Gasteiger partial charge in [0.05, 0.1) is 29.4 Å². The summed E-state index contributed by atoms with van der Waals surface area (Å²) in [6, 6.07) is 3.60. The average molecular weight is 335 g/mol. The van der Waals surface area contributed by atoms with E-state index in [0.717, 1.165) is 36.5 Å². The van der Waals surface area contributed by atoms with Gasteiger partial charge in [0.1, 0.15) is 5.82 Å². The van der Waals surface area contributed by atoms with Gasteiger partial charge in [0, 0.05) is 19.3 Å². The van der Waals surface area contributed by atoms with Gasteiger partial charge in [-0.3, -0.25) is 4.68 Å². The number of hydrogen-bond acceptors (Lipinski definition) is 5. The predicted octanol–water partition coefficient (Wildman–Crippen LogP) is 1.76. The quantitative estimate of drug-likeness (QED) is 0.850. The van der Waals surface area contributed by atoms with E-state index in [1.54, 1.807) is 6.20 Å². The Hall–Kier alpha value is -1.80. The number of sulfonamides is 1. The molecule has 1 fully saturated rings. The summed E-state index contributed by atoms with van der Waals surface area (Å²) in [5, 5.41) is 4.27. The first kappa shape index (κ1) is 16.1. The first-order valence-electron chi connectivity index (χ1n) is 7.74. The fraction of sp³-hybridized carbons (Fsp3) is 0.533. The third kappa shape index (κ3) is 3.13. The Morgan fingerprint density at radius 1 is 1.35 bits per heavy atom. The highest BCUT2D eigenvalue weighted by Gasteiger charge is 2.34. The average Bonchev–Trinajstić information content (AvgIpc) is 3.15. The monoisotopic (exact) mass is 335 g/mol. The first-order valence-corrected chi connectivity index (χ1v) is 9.59. The topological polar surface area (TPSA) is 81.0 Å². The minimum Gasteiger partial charge on any atom is -0.264 e. The Morgan fingerprint density at radius 2 is 2.13 bits per heavy atom. The van der Waals surface area contributed by atoms with E-state index in [1.165, 1.54) is 10.6 Å². The molecule has 1 saturated heterocycles. The molecule has 0 amide bonds. The van der Waals surface area contributed by atoms with Crippen LogP contribution in [0.4, 0.5) is 0 Å². The van der Waals surface area contributed by atoms with Gasteiger partial charge in [0.25, 0.3) is 0 Å². The van der Waals surface area contributed by atoms with Crippen molar-refractivity contribution >= 4 is 10.0 Å². The molecule has 1 aliphatic rings. The van der Waals surface area contributed by atoms with Crippen molar-refractivity contribution in [3.8, 4) is 11.4 Å². The summed E-state index contributed by atoms with van der Waals surface area (Å²) in [6.07, 6.45) is 4.64. The molecular weight excluding hydrogens is 314 g/mol. The lowest BCUT2D eigenvalue weighted by molar-refractivity contribution is 0.393. The standard InChI is InChI=1S/C15H21N5O2S/c1-4-19-14(7-8-16-19)12-10-13(18-11(2)17-12)15-6-5-9-20(15)23(3,21)22/h7-8,10,15H,4-6,9H2,1-3H3/t15-/m0/s1. The highest BCUT2D eigenvalue weighted by molar-refractivity contribution is 7.88. The smallest absolute Gasteiger partial charge is 0.211 e. The van der Waals surface area contributed by atoms with Crippen molar-refractivity contribution in [1.82, 2.24) is 24.1 Å². The van der Waals surface area contributed by atoms with E-state index in [-0.39, 0.29) is 6.04 Å². The lowest BCUT2D eigenvalue weighted by Gasteiger charge is -2.22. The van der Waals surface area contributed by atoms with Gasteiger partial charge >= 0.3 is 0 Å². The molecule has 7 nitrogen and oxygen atoms in total. The summed E-state index contributed by atoms with van der Waals surface area (Å²) in [5.41, 5.74) is 2.47. The van der Waals surface area contributed by atoms with Crippen LogP contribution in [-0.4, -0.2) is 45.3 Å². The molecule has 0 aromatic carbocycles. The lowest BCUT2D eigenvalue weighted by atomic mass is 10.1. The van der Waals surface area contributed by atoms with Crippen molar-refractivity contribution in [2.24, 2.45) is 0 Å². The highest BCUT2D eigenvalue weighted by atomic mass is 32.2. The third-order valence-electron chi connectivity index (χ3n) is 4.11. The number of rotatable bonds is 4. The van der Waals surface area contributed by atoms with Crippen LogP contribution >= 0.6 is 0 Å². The van der Waals surface area contributed by atoms with Crippen LogP contribution in [-0.2, 0) is 16.6 Å². The molecule has 2 aromatic heterocycles. The summed E-state index contributed by atoms with van der Waals surface area (Å²) >= 11 is 0. The van der Waals surface area contributed by atoms with Gasteiger partial charge in [-0.05, 0) is 38.8 Å². The van der Waals surface area contributed by atoms with E-state index in [2.05, 4.69) is 15.1 Å². The SMILES string of the molecule is CCn1nccc1-c1cc([C@@H]2CCCN2S(C)(=O)=O)nc(C)n1. The van der Waals surface area contributed by atoms with Crippen LogP contribution < -0.4 is 0 Å². The van der Waals surface area contributed by atoms with Crippen LogP contribution in [0.5, 0.6) is 0 Å². The number of hydrogen-bond donors (Lipinski definition) is 0. The van der Waals surface area contributed by atoms with E-state index in [9.17, 15) is 8.42 Å². The molecule has 3 rings (SSSR count). The second kappa shape index (κ2) is 6.01. The van der Waals surface area contributed by atoms with Crippen LogP contribution in [0.2, 0.25) is 0 Å². The zero-order valence-corrected chi connectivity index (χ0v) is 14.4. The number of aryl methyl sites for hydroxylation is 2. The summed E-state index contributed by atoms with van der Waals surface area (Å²) in [6.45, 7) is 5.15. The summed E-state index contributed by atoms with van der Waals surface area (Å²) < 4.78 is 27.4. The Balaban J connectivity index is 2.05. The van der Waals surface area contributed by atoms with Crippen LogP contribution in [0, 0.1) is 6.92 Å². The van der Waals surface area contributed by atoms with Crippen molar-refractivity contribution in [3.05, 3.63) is 29.8 Å². The second-order valence-electron chi connectivity index (χ2n) is 5.79. The minimum absolute atomic E-state index is 0.205. The van der Waals surface area contributed by atoms with Gasteiger partial charge in [-0.2, -0.15) is 9.40 Å². The van der Waals surface area contributed by atoms with Crippen molar-refractivity contribution in [3.63, 3.8) is 0 Å². The fourth-order valence-corrected chi connectivity index (χ4v) is 4.26. The van der Waals surface area contributed by atoms with E-state index in [0.29, 0.717) is 12.4 Å². The van der Waals surface area contributed by atoms with Crippen LogP contribution in [0.25, 0.3) is 11.4 Å². The van der Waals surface area contributed by atoms with E-state index < -0.39 is 10.0 Å². The molecule has 0 bridgehead atoms. The summed E-state index contributed by atoms with van der Waals surface area (Å²) in [5.74, 6) is 0.640. The molecule has 0 aliphatic carbocycles. The maximum atomic E-state index is 12.0. The lowest BCUT2D eigenvalue weighted by Crippen LogP contribution is -2.30. The fourth-order valence-electron chi connectivity index (χ4n) is 3.13. The van der Waals surface area contributed by atoms with Crippen LogP contribution in [0.3, 0.4) is 0 Å². The van der Waals surface area contributed by atoms with Crippen LogP contribution in [0.1, 0.15) is 37.3 Å². The van der Waals surface area contributed by atoms with Crippen molar-refractivity contribution in [2.45, 2.75) is 39.3 Å². The Bertz CT molecular complexity index is 815. The molecule has 23 heavy (non-hydrogen) atoms. The molecule has 0 saturated carbocycles. The Kier molecular flexibility index (Phi) is 4.20. The van der Waals surface area contributed by atoms with Gasteiger partial charge in [-0.25, -0.2) is 18.4 Å². The number of nitrogens with zero attached hydrogens (tertiary/aromatic N) is 5. The van der Waals surface area contributed by atoms with Crippen molar-refractivity contribution in [2.75, 3.05) is 12.8 Å². The molecule has 0 radical (unpaired) electrons. The molecule has 0 N–H and O–H groups in total. The van der Waals surface area contributed by atoms with Gasteiger partial charge in [-0.15, -0.1) is 0 Å².